The maximum absolute atomic E-state index is 11.4. The van der Waals surface area contributed by atoms with E-state index in [1.165, 1.54) is 0 Å². The molecule has 23 heavy (non-hydrogen) atoms. The molecular weight excluding hydrogens is 292 g/mol. The predicted molar refractivity (Wildman–Crippen MR) is 86.3 cm³/mol. The van der Waals surface area contributed by atoms with Crippen LogP contribution in [0.4, 0.5) is 11.5 Å². The molecule has 0 unspecified atom stereocenters. The van der Waals surface area contributed by atoms with E-state index in [9.17, 15) is 4.79 Å². The summed E-state index contributed by atoms with van der Waals surface area (Å²) >= 11 is 0. The summed E-state index contributed by atoms with van der Waals surface area (Å²) in [6.07, 6.45) is 1.74. The van der Waals surface area contributed by atoms with Crippen molar-refractivity contribution >= 4 is 39.2 Å². The molecule has 2 aromatic carbocycles. The molecule has 0 saturated carbocycles. The van der Waals surface area contributed by atoms with Crippen molar-refractivity contribution in [1.82, 2.24) is 20.2 Å². The smallest absolute Gasteiger partial charge is 0.286 e. The zero-order valence-corrected chi connectivity index (χ0v) is 11.9. The number of hydrogen-bond acceptors (Lipinski definition) is 5. The number of nitrogens with zero attached hydrogens (tertiary/aromatic N) is 3. The highest BCUT2D eigenvalue weighted by atomic mass is 16.1. The van der Waals surface area contributed by atoms with Crippen LogP contribution < -0.4 is 11.1 Å². The van der Waals surface area contributed by atoms with Gasteiger partial charge in [0.25, 0.3) is 5.91 Å². The Balaban J connectivity index is 1.84. The maximum Gasteiger partial charge on any atom is 0.286 e. The number of nitrogens with one attached hydrogen (secondary N) is 2. The first-order valence-electron chi connectivity index (χ1n) is 6.88. The third-order valence-corrected chi connectivity index (χ3v) is 3.46. The molecule has 1 amide bonds. The average molecular weight is 303 g/mol. The number of hydrogen-bond donors (Lipinski definition) is 3. The minimum atomic E-state index is -0.673. The lowest BCUT2D eigenvalue weighted by Gasteiger charge is -2.10. The summed E-state index contributed by atoms with van der Waals surface area (Å²) in [5, 5.41) is 11.8. The molecule has 4 aromatic rings. The number of aromatic amines is 1. The van der Waals surface area contributed by atoms with Crippen molar-refractivity contribution < 1.29 is 4.79 Å². The van der Waals surface area contributed by atoms with Gasteiger partial charge in [-0.05, 0) is 36.4 Å². The summed E-state index contributed by atoms with van der Waals surface area (Å²) in [4.78, 5) is 19.8. The van der Waals surface area contributed by atoms with Gasteiger partial charge >= 0.3 is 0 Å². The van der Waals surface area contributed by atoms with Gasteiger partial charge in [0.1, 0.15) is 5.82 Å². The van der Waals surface area contributed by atoms with E-state index in [0.29, 0.717) is 11.3 Å². The lowest BCUT2D eigenvalue weighted by molar-refractivity contribution is 0.0991. The molecule has 0 aliphatic rings. The molecule has 2 aromatic heterocycles. The summed E-state index contributed by atoms with van der Waals surface area (Å²) in [5.41, 5.74) is 7.70. The fraction of sp³-hybridized carbons (Fsp3) is 0. The van der Waals surface area contributed by atoms with Crippen molar-refractivity contribution in [2.75, 3.05) is 5.32 Å². The molecule has 1 radical (unpaired) electrons. The second-order valence-corrected chi connectivity index (χ2v) is 5.00. The predicted octanol–water partition coefficient (Wildman–Crippen LogP) is 2.15. The quantitative estimate of drug-likeness (QED) is 0.537. The second kappa shape index (κ2) is 5.06. The summed E-state index contributed by atoms with van der Waals surface area (Å²) < 4.78 is 0. The number of carbonyl (C=O) groups is 1. The Kier molecular flexibility index (Phi) is 2.90. The Morgan fingerprint density at radius 3 is 3.04 bits per heavy atom. The van der Waals surface area contributed by atoms with Gasteiger partial charge in [-0.1, -0.05) is 6.07 Å². The lowest BCUT2D eigenvalue weighted by atomic mass is 10.2. The van der Waals surface area contributed by atoms with Crippen molar-refractivity contribution in [3.05, 3.63) is 54.5 Å². The number of amides is 1. The number of H-pyrrole nitrogens is 1. The van der Waals surface area contributed by atoms with E-state index in [-0.39, 0.29) is 5.82 Å². The van der Waals surface area contributed by atoms with E-state index in [0.717, 1.165) is 22.0 Å². The number of fused-ring (bicyclic) bond motifs is 2. The molecule has 2 heterocycles. The third kappa shape index (κ3) is 2.34. The standard InChI is InChI=1S/C16H11N6O/c17-14(23)16-20-13-4-2-1-3-11(13)15(21-16)19-10-5-6-12-9(7-10)8-18-22-12/h2-8H,(H2,17,23)(H,18,22)(H,19,20,21). The number of benzene rings is 2. The van der Waals surface area contributed by atoms with Crippen LogP contribution in [0.2, 0.25) is 0 Å². The van der Waals surface area contributed by atoms with Gasteiger partial charge in [0.15, 0.2) is 0 Å². The molecule has 0 aliphatic heterocycles. The minimum absolute atomic E-state index is 0.0319. The normalized spacial score (nSPS) is 11.0. The summed E-state index contributed by atoms with van der Waals surface area (Å²) in [6.45, 7) is 0. The third-order valence-electron chi connectivity index (χ3n) is 3.46. The molecule has 0 bridgehead atoms. The first-order valence-corrected chi connectivity index (χ1v) is 6.88. The highest BCUT2D eigenvalue weighted by molar-refractivity contribution is 5.96. The molecular formula is C16H11N6O. The number of aromatic nitrogens is 4. The van der Waals surface area contributed by atoms with Gasteiger partial charge < -0.3 is 11.1 Å². The van der Waals surface area contributed by atoms with E-state index in [1.54, 1.807) is 24.4 Å². The van der Waals surface area contributed by atoms with Gasteiger partial charge in [0.2, 0.25) is 5.82 Å². The Hall–Kier alpha value is -3.48. The van der Waals surface area contributed by atoms with E-state index in [4.69, 9.17) is 5.73 Å². The molecule has 0 atom stereocenters. The number of primary amides is 1. The summed E-state index contributed by atoms with van der Waals surface area (Å²) in [5.74, 6) is -0.202. The van der Waals surface area contributed by atoms with Crippen LogP contribution in [-0.4, -0.2) is 26.1 Å². The van der Waals surface area contributed by atoms with Gasteiger partial charge in [-0.2, -0.15) is 5.10 Å². The van der Waals surface area contributed by atoms with E-state index in [2.05, 4.69) is 31.5 Å². The molecule has 4 rings (SSSR count). The van der Waals surface area contributed by atoms with Gasteiger partial charge in [-0.3, -0.25) is 9.89 Å². The Labute approximate surface area is 130 Å². The van der Waals surface area contributed by atoms with E-state index >= 15 is 0 Å². The number of carbonyl (C=O) groups excluding carboxylic acids is 1. The van der Waals surface area contributed by atoms with Crippen LogP contribution in [0.15, 0.2) is 42.6 Å². The second-order valence-electron chi connectivity index (χ2n) is 5.00. The number of nitrogens with two attached hydrogens (primary N) is 1. The van der Waals surface area contributed by atoms with Crippen molar-refractivity contribution in [2.45, 2.75) is 0 Å². The first-order chi connectivity index (χ1) is 11.2. The van der Waals surface area contributed by atoms with Crippen LogP contribution in [0, 0.1) is 6.07 Å². The summed E-state index contributed by atoms with van der Waals surface area (Å²) in [7, 11) is 0. The molecule has 0 fully saturated rings. The lowest BCUT2D eigenvalue weighted by Crippen LogP contribution is -2.16. The highest BCUT2D eigenvalue weighted by Crippen LogP contribution is 2.25. The fourth-order valence-corrected chi connectivity index (χ4v) is 2.38. The van der Waals surface area contributed by atoms with Crippen LogP contribution in [-0.2, 0) is 0 Å². The Morgan fingerprint density at radius 1 is 1.26 bits per heavy atom. The van der Waals surface area contributed by atoms with E-state index < -0.39 is 5.91 Å². The maximum atomic E-state index is 11.4. The minimum Gasteiger partial charge on any atom is -0.363 e. The molecule has 4 N–H and O–H groups in total. The van der Waals surface area contributed by atoms with Gasteiger partial charge in [0.05, 0.1) is 17.2 Å². The van der Waals surface area contributed by atoms with Crippen molar-refractivity contribution in [1.29, 1.82) is 0 Å². The van der Waals surface area contributed by atoms with Crippen LogP contribution in [0.3, 0.4) is 0 Å². The Bertz CT molecular complexity index is 1040. The zero-order valence-electron chi connectivity index (χ0n) is 11.9. The zero-order chi connectivity index (χ0) is 15.8. The molecule has 7 heteroatoms. The molecule has 111 valence electrons. The van der Waals surface area contributed by atoms with Crippen molar-refractivity contribution in [3.8, 4) is 0 Å². The van der Waals surface area contributed by atoms with E-state index in [1.807, 2.05) is 18.2 Å². The van der Waals surface area contributed by atoms with Crippen LogP contribution in [0.1, 0.15) is 10.6 Å². The van der Waals surface area contributed by atoms with Crippen LogP contribution in [0.25, 0.3) is 21.8 Å². The summed E-state index contributed by atoms with van der Waals surface area (Å²) in [6, 6.07) is 14.0. The molecule has 0 spiro atoms. The van der Waals surface area contributed by atoms with Gasteiger partial charge in [-0.25, -0.2) is 9.97 Å². The van der Waals surface area contributed by atoms with Gasteiger partial charge in [0, 0.05) is 16.5 Å². The fourth-order valence-electron chi connectivity index (χ4n) is 2.38. The highest BCUT2D eigenvalue weighted by Gasteiger charge is 2.11. The monoisotopic (exact) mass is 303 g/mol. The van der Waals surface area contributed by atoms with Crippen LogP contribution in [0.5, 0.6) is 0 Å². The van der Waals surface area contributed by atoms with Gasteiger partial charge in [-0.15, -0.1) is 0 Å². The molecule has 0 aliphatic carbocycles. The van der Waals surface area contributed by atoms with Crippen LogP contribution >= 0.6 is 0 Å². The molecule has 7 nitrogen and oxygen atoms in total. The number of rotatable bonds is 3. The molecule has 0 saturated heterocycles. The van der Waals surface area contributed by atoms with Crippen molar-refractivity contribution in [2.24, 2.45) is 5.73 Å². The van der Waals surface area contributed by atoms with Crippen molar-refractivity contribution in [3.63, 3.8) is 0 Å². The average Bonchev–Trinajstić information content (AvgIpc) is 3.02. The number of anilines is 2. The topological polar surface area (TPSA) is 110 Å². The first kappa shape index (κ1) is 13.2. The SMILES string of the molecule is NC(=O)c1nc(Nc2ccc3[nH]ncc3c2)c2c[c]ccc2n1. The Morgan fingerprint density at radius 2 is 2.17 bits per heavy atom. The largest absolute Gasteiger partial charge is 0.363 e.